The first-order chi connectivity index (χ1) is 10.7. The largest absolute Gasteiger partial charge is 0.465 e. The first-order valence-electron chi connectivity index (χ1n) is 7.21. The number of carbonyl (C=O) groups excluding carboxylic acids is 2. The molecular weight excluding hydrogens is 322 g/mol. The second-order valence-electron chi connectivity index (χ2n) is 4.53. The quantitative estimate of drug-likeness (QED) is 0.780. The van der Waals surface area contributed by atoms with E-state index in [4.69, 9.17) is 13.9 Å². The Balaban J connectivity index is 0.00000264. The van der Waals surface area contributed by atoms with Crippen LogP contribution in [0.1, 0.15) is 30.0 Å². The van der Waals surface area contributed by atoms with E-state index in [2.05, 4.69) is 5.32 Å². The molecule has 2 rings (SSSR count). The van der Waals surface area contributed by atoms with Gasteiger partial charge in [0, 0.05) is 17.5 Å². The average Bonchev–Trinajstić information content (AvgIpc) is 2.87. The van der Waals surface area contributed by atoms with Crippen LogP contribution in [0.5, 0.6) is 0 Å². The van der Waals surface area contributed by atoms with E-state index in [0.717, 1.165) is 5.39 Å². The van der Waals surface area contributed by atoms with Crippen molar-refractivity contribution >= 4 is 35.3 Å². The SMILES string of the molecule is CCOC(=O)CNCc1c(C(=O)OCC)oc2ccccc12.Cl. The van der Waals surface area contributed by atoms with Crippen LogP contribution in [-0.4, -0.2) is 31.7 Å². The van der Waals surface area contributed by atoms with Gasteiger partial charge in [-0.25, -0.2) is 4.79 Å². The maximum atomic E-state index is 12.0. The van der Waals surface area contributed by atoms with Crippen molar-refractivity contribution in [3.05, 3.63) is 35.6 Å². The van der Waals surface area contributed by atoms with E-state index in [1.54, 1.807) is 19.9 Å². The molecule has 23 heavy (non-hydrogen) atoms. The van der Waals surface area contributed by atoms with Crippen LogP contribution in [0.2, 0.25) is 0 Å². The van der Waals surface area contributed by atoms with E-state index < -0.39 is 5.97 Å². The molecule has 126 valence electrons. The summed E-state index contributed by atoms with van der Waals surface area (Å²) in [5, 5.41) is 3.78. The Morgan fingerprint density at radius 1 is 1.13 bits per heavy atom. The number of ether oxygens (including phenoxy) is 2. The molecule has 0 aliphatic carbocycles. The number of halogens is 1. The standard InChI is InChI=1S/C16H19NO5.ClH/c1-3-20-14(18)10-17-9-12-11-7-5-6-8-13(11)22-15(12)16(19)21-4-2;/h5-8,17H,3-4,9-10H2,1-2H3;1H. The van der Waals surface area contributed by atoms with Crippen molar-refractivity contribution in [1.82, 2.24) is 5.32 Å². The maximum Gasteiger partial charge on any atom is 0.374 e. The Hall–Kier alpha value is -2.05. The zero-order chi connectivity index (χ0) is 15.9. The van der Waals surface area contributed by atoms with Crippen molar-refractivity contribution in [1.29, 1.82) is 0 Å². The van der Waals surface area contributed by atoms with Gasteiger partial charge in [-0.05, 0) is 19.9 Å². The molecule has 0 spiro atoms. The van der Waals surface area contributed by atoms with Crippen LogP contribution in [0.4, 0.5) is 0 Å². The number of rotatable bonds is 7. The molecule has 0 saturated heterocycles. The molecule has 0 bridgehead atoms. The number of furan rings is 1. The van der Waals surface area contributed by atoms with Crippen molar-refractivity contribution in [2.75, 3.05) is 19.8 Å². The minimum Gasteiger partial charge on any atom is -0.465 e. The van der Waals surface area contributed by atoms with E-state index in [0.29, 0.717) is 24.3 Å². The predicted molar refractivity (Wildman–Crippen MR) is 87.8 cm³/mol. The molecule has 6 nitrogen and oxygen atoms in total. The van der Waals surface area contributed by atoms with Crippen LogP contribution in [0.15, 0.2) is 28.7 Å². The summed E-state index contributed by atoms with van der Waals surface area (Å²) in [7, 11) is 0. The van der Waals surface area contributed by atoms with Gasteiger partial charge >= 0.3 is 11.9 Å². The molecule has 0 radical (unpaired) electrons. The fraction of sp³-hybridized carbons (Fsp3) is 0.375. The number of benzene rings is 1. The number of hydrogen-bond donors (Lipinski definition) is 1. The summed E-state index contributed by atoms with van der Waals surface area (Å²) in [5.41, 5.74) is 1.29. The molecule has 0 atom stereocenters. The minimum absolute atomic E-state index is 0. The molecule has 0 unspecified atom stereocenters. The fourth-order valence-corrected chi connectivity index (χ4v) is 2.14. The molecule has 7 heteroatoms. The van der Waals surface area contributed by atoms with Gasteiger partial charge in [0.2, 0.25) is 5.76 Å². The third kappa shape index (κ3) is 4.71. The first-order valence-corrected chi connectivity index (χ1v) is 7.21. The Kier molecular flexibility index (Phi) is 7.57. The molecule has 0 amide bonds. The lowest BCUT2D eigenvalue weighted by Gasteiger charge is -2.05. The molecule has 1 aromatic carbocycles. The molecule has 2 aromatic rings. The predicted octanol–water partition coefficient (Wildman–Crippen LogP) is 2.68. The number of carbonyl (C=O) groups is 2. The van der Waals surface area contributed by atoms with Gasteiger partial charge in [-0.2, -0.15) is 0 Å². The summed E-state index contributed by atoms with van der Waals surface area (Å²) >= 11 is 0. The Morgan fingerprint density at radius 3 is 2.52 bits per heavy atom. The van der Waals surface area contributed by atoms with E-state index in [1.165, 1.54) is 0 Å². The smallest absolute Gasteiger partial charge is 0.374 e. The van der Waals surface area contributed by atoms with Crippen molar-refractivity contribution in [3.63, 3.8) is 0 Å². The van der Waals surface area contributed by atoms with Crippen LogP contribution in [-0.2, 0) is 20.8 Å². The molecule has 0 aliphatic rings. The number of fused-ring (bicyclic) bond motifs is 1. The summed E-state index contributed by atoms with van der Waals surface area (Å²) in [5.74, 6) is -0.681. The summed E-state index contributed by atoms with van der Waals surface area (Å²) in [6, 6.07) is 7.34. The zero-order valence-corrected chi connectivity index (χ0v) is 13.9. The molecule has 1 heterocycles. The van der Waals surface area contributed by atoms with Crippen LogP contribution >= 0.6 is 12.4 Å². The first kappa shape index (κ1) is 19.0. The number of hydrogen-bond acceptors (Lipinski definition) is 6. The topological polar surface area (TPSA) is 77.8 Å². The van der Waals surface area contributed by atoms with E-state index in [-0.39, 0.29) is 37.3 Å². The van der Waals surface area contributed by atoms with Crippen molar-refractivity contribution in [3.8, 4) is 0 Å². The highest BCUT2D eigenvalue weighted by molar-refractivity contribution is 5.96. The van der Waals surface area contributed by atoms with Gasteiger partial charge in [0.15, 0.2) is 0 Å². The Bertz CT molecular complexity index is 668. The van der Waals surface area contributed by atoms with Crippen molar-refractivity contribution in [2.45, 2.75) is 20.4 Å². The van der Waals surface area contributed by atoms with Gasteiger partial charge in [-0.1, -0.05) is 18.2 Å². The Labute approximate surface area is 140 Å². The fourth-order valence-electron chi connectivity index (χ4n) is 2.14. The van der Waals surface area contributed by atoms with Crippen LogP contribution in [0.3, 0.4) is 0 Å². The normalized spacial score (nSPS) is 10.2. The van der Waals surface area contributed by atoms with Gasteiger partial charge in [-0.3, -0.25) is 4.79 Å². The molecule has 1 aromatic heterocycles. The molecule has 1 N–H and O–H groups in total. The number of esters is 2. The molecule has 0 fully saturated rings. The summed E-state index contributed by atoms with van der Waals surface area (Å²) in [6.07, 6.45) is 0. The second kappa shape index (κ2) is 9.17. The Morgan fingerprint density at radius 2 is 1.83 bits per heavy atom. The van der Waals surface area contributed by atoms with Gasteiger partial charge in [0.05, 0.1) is 19.8 Å². The number of nitrogens with one attached hydrogen (secondary N) is 1. The zero-order valence-electron chi connectivity index (χ0n) is 13.1. The van der Waals surface area contributed by atoms with Crippen LogP contribution in [0.25, 0.3) is 11.0 Å². The van der Waals surface area contributed by atoms with Crippen LogP contribution < -0.4 is 5.32 Å². The highest BCUT2D eigenvalue weighted by Crippen LogP contribution is 2.26. The van der Waals surface area contributed by atoms with Gasteiger partial charge in [0.1, 0.15) is 5.58 Å². The monoisotopic (exact) mass is 341 g/mol. The third-order valence-corrected chi connectivity index (χ3v) is 3.04. The lowest BCUT2D eigenvalue weighted by atomic mass is 10.1. The highest BCUT2D eigenvalue weighted by Gasteiger charge is 2.21. The molecular formula is C16H20ClNO5. The highest BCUT2D eigenvalue weighted by atomic mass is 35.5. The second-order valence-corrected chi connectivity index (χ2v) is 4.53. The van der Waals surface area contributed by atoms with Crippen molar-refractivity contribution < 1.29 is 23.5 Å². The van der Waals surface area contributed by atoms with Gasteiger partial charge in [-0.15, -0.1) is 12.4 Å². The maximum absolute atomic E-state index is 12.0. The van der Waals surface area contributed by atoms with Gasteiger partial charge in [0.25, 0.3) is 0 Å². The lowest BCUT2D eigenvalue weighted by molar-refractivity contribution is -0.142. The summed E-state index contributed by atoms with van der Waals surface area (Å²) < 4.78 is 15.4. The van der Waals surface area contributed by atoms with Crippen LogP contribution in [0, 0.1) is 0 Å². The minimum atomic E-state index is -0.508. The summed E-state index contributed by atoms with van der Waals surface area (Å²) in [4.78, 5) is 23.4. The molecule has 0 aliphatic heterocycles. The van der Waals surface area contributed by atoms with E-state index in [1.807, 2.05) is 18.2 Å². The lowest BCUT2D eigenvalue weighted by Crippen LogP contribution is -2.25. The molecule has 0 saturated carbocycles. The van der Waals surface area contributed by atoms with Gasteiger partial charge < -0.3 is 19.2 Å². The number of para-hydroxylation sites is 1. The van der Waals surface area contributed by atoms with Crippen molar-refractivity contribution in [2.24, 2.45) is 0 Å². The van der Waals surface area contributed by atoms with E-state index in [9.17, 15) is 9.59 Å². The average molecular weight is 342 g/mol. The third-order valence-electron chi connectivity index (χ3n) is 3.04. The van der Waals surface area contributed by atoms with E-state index >= 15 is 0 Å². The summed E-state index contributed by atoms with van der Waals surface area (Å²) in [6.45, 7) is 4.47.